The highest BCUT2D eigenvalue weighted by Crippen LogP contribution is 2.15. The van der Waals surface area contributed by atoms with Gasteiger partial charge >= 0.3 is 5.97 Å². The van der Waals surface area contributed by atoms with Crippen LogP contribution in [0.1, 0.15) is 16.1 Å². The first-order valence-electron chi connectivity index (χ1n) is 6.16. The maximum Gasteiger partial charge on any atom is 0.360 e. The molecule has 0 aliphatic heterocycles. The highest BCUT2D eigenvalue weighted by atomic mass is 16.5. The largest absolute Gasteiger partial charge is 0.481 e. The topological polar surface area (TPSA) is 96.4 Å². The molecule has 0 unspecified atom stereocenters. The third-order valence-corrected chi connectivity index (χ3v) is 2.89. The molecule has 0 spiro atoms. The summed E-state index contributed by atoms with van der Waals surface area (Å²) in [5.41, 5.74) is 5.66. The van der Waals surface area contributed by atoms with Crippen molar-refractivity contribution in [2.75, 3.05) is 12.8 Å². The molecule has 7 heteroatoms. The number of hydrogen-bond donors (Lipinski definition) is 1. The van der Waals surface area contributed by atoms with Gasteiger partial charge in [-0.05, 0) is 5.56 Å². The van der Waals surface area contributed by atoms with E-state index in [4.69, 9.17) is 10.5 Å². The second-order valence-corrected chi connectivity index (χ2v) is 4.28. The Morgan fingerprint density at radius 3 is 2.62 bits per heavy atom. The summed E-state index contributed by atoms with van der Waals surface area (Å²) < 4.78 is 11.2. The molecule has 2 aromatic rings. The van der Waals surface area contributed by atoms with Crippen molar-refractivity contribution in [1.29, 1.82) is 0 Å². The van der Waals surface area contributed by atoms with Crippen LogP contribution in [0.2, 0.25) is 0 Å². The third kappa shape index (κ3) is 3.02. The van der Waals surface area contributed by atoms with E-state index in [0.717, 1.165) is 10.1 Å². The zero-order valence-electron chi connectivity index (χ0n) is 11.7. The van der Waals surface area contributed by atoms with Crippen LogP contribution in [-0.2, 0) is 18.4 Å². The molecule has 110 valence electrons. The van der Waals surface area contributed by atoms with E-state index >= 15 is 0 Å². The lowest BCUT2D eigenvalue weighted by Gasteiger charge is -2.11. The van der Waals surface area contributed by atoms with Crippen molar-refractivity contribution in [1.82, 2.24) is 9.55 Å². The number of rotatable bonds is 4. The summed E-state index contributed by atoms with van der Waals surface area (Å²) in [6.07, 6.45) is 0. The van der Waals surface area contributed by atoms with Gasteiger partial charge in [-0.25, -0.2) is 9.78 Å². The number of esters is 1. The van der Waals surface area contributed by atoms with Gasteiger partial charge in [0.05, 0.1) is 7.11 Å². The van der Waals surface area contributed by atoms with Crippen molar-refractivity contribution in [3.05, 3.63) is 51.9 Å². The molecular weight excluding hydrogens is 274 g/mol. The molecule has 0 aliphatic carbocycles. The third-order valence-electron chi connectivity index (χ3n) is 2.89. The molecule has 0 saturated carbocycles. The van der Waals surface area contributed by atoms with Crippen molar-refractivity contribution in [2.24, 2.45) is 7.05 Å². The molecule has 7 nitrogen and oxygen atoms in total. The van der Waals surface area contributed by atoms with Gasteiger partial charge in [0, 0.05) is 7.05 Å². The van der Waals surface area contributed by atoms with Crippen LogP contribution in [0.25, 0.3) is 0 Å². The number of nitrogen functional groups attached to an aromatic ring is 1. The predicted octanol–water partition coefficient (Wildman–Crippen LogP) is 0.728. The summed E-state index contributed by atoms with van der Waals surface area (Å²) in [6.45, 7) is 0.131. The van der Waals surface area contributed by atoms with Crippen LogP contribution in [0.3, 0.4) is 0 Å². The molecule has 0 amide bonds. The number of nitrogens with two attached hydrogens (primary N) is 1. The number of methoxy groups -OCH3 is 1. The first kappa shape index (κ1) is 14.6. The van der Waals surface area contributed by atoms with Gasteiger partial charge in [-0.1, -0.05) is 30.3 Å². The quantitative estimate of drug-likeness (QED) is 0.833. The minimum Gasteiger partial charge on any atom is -0.481 e. The Kier molecular flexibility index (Phi) is 4.22. The smallest absolute Gasteiger partial charge is 0.360 e. The molecule has 0 saturated heterocycles. The van der Waals surface area contributed by atoms with E-state index in [-0.39, 0.29) is 24.0 Å². The Hall–Kier alpha value is -2.83. The summed E-state index contributed by atoms with van der Waals surface area (Å²) in [6, 6.07) is 9.24. The Morgan fingerprint density at radius 2 is 2.00 bits per heavy atom. The molecule has 0 atom stereocenters. The number of nitrogens with zero attached hydrogens (tertiary/aromatic N) is 2. The van der Waals surface area contributed by atoms with Crippen LogP contribution in [-0.4, -0.2) is 22.6 Å². The van der Waals surface area contributed by atoms with E-state index in [2.05, 4.69) is 9.72 Å². The monoisotopic (exact) mass is 289 g/mol. The molecule has 1 heterocycles. The van der Waals surface area contributed by atoms with Crippen molar-refractivity contribution in [3.63, 3.8) is 0 Å². The van der Waals surface area contributed by atoms with Gasteiger partial charge in [0.25, 0.3) is 5.56 Å². The molecule has 0 fully saturated rings. The maximum absolute atomic E-state index is 12.2. The number of ether oxygens (including phenoxy) is 2. The van der Waals surface area contributed by atoms with Gasteiger partial charge < -0.3 is 15.2 Å². The molecule has 1 aromatic carbocycles. The van der Waals surface area contributed by atoms with Gasteiger partial charge in [-0.15, -0.1) is 0 Å². The van der Waals surface area contributed by atoms with Crippen LogP contribution in [0.15, 0.2) is 35.1 Å². The summed E-state index contributed by atoms with van der Waals surface area (Å²) in [5.74, 6) is -1.04. The average Bonchev–Trinajstić information content (AvgIpc) is 2.51. The molecule has 1 aromatic heterocycles. The van der Waals surface area contributed by atoms with E-state index in [1.54, 1.807) is 0 Å². The van der Waals surface area contributed by atoms with Crippen LogP contribution in [0, 0.1) is 0 Å². The van der Waals surface area contributed by atoms with E-state index in [9.17, 15) is 9.59 Å². The predicted molar refractivity (Wildman–Crippen MR) is 76.0 cm³/mol. The zero-order chi connectivity index (χ0) is 15.4. The minimum atomic E-state index is -0.775. The van der Waals surface area contributed by atoms with Gasteiger partial charge in [0.15, 0.2) is 5.69 Å². The number of hydrogen-bond acceptors (Lipinski definition) is 6. The second-order valence-electron chi connectivity index (χ2n) is 4.28. The van der Waals surface area contributed by atoms with E-state index in [1.165, 1.54) is 14.2 Å². The van der Waals surface area contributed by atoms with Crippen LogP contribution < -0.4 is 16.0 Å². The highest BCUT2D eigenvalue weighted by Gasteiger charge is 2.21. The van der Waals surface area contributed by atoms with Crippen molar-refractivity contribution >= 4 is 11.9 Å². The van der Waals surface area contributed by atoms with E-state index < -0.39 is 11.5 Å². The van der Waals surface area contributed by atoms with E-state index in [0.29, 0.717) is 0 Å². The Morgan fingerprint density at radius 1 is 1.33 bits per heavy atom. The summed E-state index contributed by atoms with van der Waals surface area (Å²) in [4.78, 5) is 27.7. The van der Waals surface area contributed by atoms with Crippen LogP contribution >= 0.6 is 0 Å². The molecule has 2 N–H and O–H groups in total. The Labute approximate surface area is 120 Å². The summed E-state index contributed by atoms with van der Waals surface area (Å²) in [5, 5.41) is 0. The highest BCUT2D eigenvalue weighted by molar-refractivity contribution is 5.90. The first-order valence-corrected chi connectivity index (χ1v) is 6.16. The standard InChI is InChI=1S/C14H15N3O4/c1-17-12(18)11(10(13(19)20-2)16-14(17)15)21-8-9-6-4-3-5-7-9/h3-7H,8H2,1-2H3,(H2,15,16). The van der Waals surface area contributed by atoms with Gasteiger partial charge in [-0.3, -0.25) is 9.36 Å². The van der Waals surface area contributed by atoms with Gasteiger partial charge in [-0.2, -0.15) is 0 Å². The number of aromatic nitrogens is 2. The van der Waals surface area contributed by atoms with Gasteiger partial charge in [0.2, 0.25) is 11.7 Å². The number of benzene rings is 1. The normalized spacial score (nSPS) is 10.2. The fourth-order valence-corrected chi connectivity index (χ4v) is 1.69. The van der Waals surface area contributed by atoms with Crippen LogP contribution in [0.5, 0.6) is 5.75 Å². The minimum absolute atomic E-state index is 0.0903. The lowest BCUT2D eigenvalue weighted by atomic mass is 10.2. The van der Waals surface area contributed by atoms with Gasteiger partial charge in [0.1, 0.15) is 6.61 Å². The summed E-state index contributed by atoms with van der Waals surface area (Å²) in [7, 11) is 2.64. The average molecular weight is 289 g/mol. The molecular formula is C14H15N3O4. The second kappa shape index (κ2) is 6.08. The van der Waals surface area contributed by atoms with Crippen molar-refractivity contribution in [2.45, 2.75) is 6.61 Å². The number of carbonyl (C=O) groups excluding carboxylic acids is 1. The number of carbonyl (C=O) groups is 1. The van der Waals surface area contributed by atoms with Crippen molar-refractivity contribution < 1.29 is 14.3 Å². The molecule has 0 radical (unpaired) electrons. The lowest BCUT2D eigenvalue weighted by Crippen LogP contribution is -2.27. The summed E-state index contributed by atoms with van der Waals surface area (Å²) >= 11 is 0. The van der Waals surface area contributed by atoms with E-state index in [1.807, 2.05) is 30.3 Å². The Balaban J connectivity index is 2.39. The fraction of sp³-hybridized carbons (Fsp3) is 0.214. The zero-order valence-corrected chi connectivity index (χ0v) is 11.7. The molecule has 0 aliphatic rings. The molecule has 21 heavy (non-hydrogen) atoms. The molecule has 2 rings (SSSR count). The van der Waals surface area contributed by atoms with Crippen molar-refractivity contribution in [3.8, 4) is 5.75 Å². The lowest BCUT2D eigenvalue weighted by molar-refractivity contribution is 0.0587. The first-order chi connectivity index (χ1) is 10.0. The molecule has 0 bridgehead atoms. The fourth-order valence-electron chi connectivity index (χ4n) is 1.69. The van der Waals surface area contributed by atoms with Crippen LogP contribution in [0.4, 0.5) is 5.95 Å². The maximum atomic E-state index is 12.2. The Bertz CT molecular complexity index is 710. The SMILES string of the molecule is COC(=O)c1nc(N)n(C)c(=O)c1OCc1ccccc1. The number of anilines is 1.